The molecule has 1 aromatic carbocycles. The molecule has 3 nitrogen and oxygen atoms in total. The average Bonchev–Trinajstić information content (AvgIpc) is 2.37. The maximum absolute atomic E-state index is 13.3. The number of aromatic amines is 1. The molecule has 1 aromatic heterocycles. The van der Waals surface area contributed by atoms with Crippen molar-refractivity contribution in [2.45, 2.75) is 33.6 Å². The fraction of sp³-hybridized carbons (Fsp3) is 0.333. The standard InChI is InChI=1S/C15H17FN2O/c1-4-5-13-17-14(10(3)15(19)18-13)11-6-7-12(16)9(2)8-11/h6-8H,4-5H2,1-3H3,(H,17,18,19). The first-order chi connectivity index (χ1) is 9.02. The molecule has 19 heavy (non-hydrogen) atoms. The molecule has 2 rings (SSSR count). The number of benzene rings is 1. The minimum Gasteiger partial charge on any atom is -0.310 e. The first kappa shape index (κ1) is 13.5. The zero-order valence-electron chi connectivity index (χ0n) is 11.4. The van der Waals surface area contributed by atoms with Gasteiger partial charge in [0, 0.05) is 17.5 Å². The van der Waals surface area contributed by atoms with E-state index < -0.39 is 0 Å². The van der Waals surface area contributed by atoms with Crippen molar-refractivity contribution in [1.29, 1.82) is 0 Å². The summed E-state index contributed by atoms with van der Waals surface area (Å²) in [5, 5.41) is 0. The van der Waals surface area contributed by atoms with Gasteiger partial charge in [0.25, 0.3) is 5.56 Å². The van der Waals surface area contributed by atoms with Crippen LogP contribution < -0.4 is 5.56 Å². The van der Waals surface area contributed by atoms with Crippen LogP contribution in [0.15, 0.2) is 23.0 Å². The number of aryl methyl sites for hydroxylation is 2. The lowest BCUT2D eigenvalue weighted by Gasteiger charge is -2.08. The molecule has 100 valence electrons. The molecule has 0 aliphatic rings. The predicted molar refractivity (Wildman–Crippen MR) is 73.7 cm³/mol. The van der Waals surface area contributed by atoms with E-state index in [9.17, 15) is 9.18 Å². The van der Waals surface area contributed by atoms with Crippen molar-refractivity contribution in [2.75, 3.05) is 0 Å². The number of hydrogen-bond donors (Lipinski definition) is 1. The molecular formula is C15H17FN2O. The topological polar surface area (TPSA) is 45.8 Å². The van der Waals surface area contributed by atoms with Gasteiger partial charge in [-0.3, -0.25) is 4.79 Å². The van der Waals surface area contributed by atoms with Crippen molar-refractivity contribution in [2.24, 2.45) is 0 Å². The van der Waals surface area contributed by atoms with Crippen LogP contribution in [-0.4, -0.2) is 9.97 Å². The highest BCUT2D eigenvalue weighted by molar-refractivity contribution is 5.63. The first-order valence-corrected chi connectivity index (χ1v) is 6.39. The van der Waals surface area contributed by atoms with E-state index in [4.69, 9.17) is 0 Å². The third-order valence-corrected chi connectivity index (χ3v) is 3.12. The van der Waals surface area contributed by atoms with Crippen LogP contribution in [0, 0.1) is 19.7 Å². The van der Waals surface area contributed by atoms with Gasteiger partial charge in [0.2, 0.25) is 0 Å². The molecule has 1 heterocycles. The molecule has 0 amide bonds. The minimum absolute atomic E-state index is 0.129. The molecule has 0 spiro atoms. The van der Waals surface area contributed by atoms with Crippen LogP contribution in [0.4, 0.5) is 4.39 Å². The van der Waals surface area contributed by atoms with Crippen molar-refractivity contribution < 1.29 is 4.39 Å². The Morgan fingerprint density at radius 2 is 2.05 bits per heavy atom. The summed E-state index contributed by atoms with van der Waals surface area (Å²) in [6, 6.07) is 4.79. The van der Waals surface area contributed by atoms with Gasteiger partial charge in [0.1, 0.15) is 11.6 Å². The highest BCUT2D eigenvalue weighted by atomic mass is 19.1. The second kappa shape index (κ2) is 5.34. The Morgan fingerprint density at radius 3 is 2.68 bits per heavy atom. The van der Waals surface area contributed by atoms with Gasteiger partial charge in [-0.15, -0.1) is 0 Å². The van der Waals surface area contributed by atoms with Crippen molar-refractivity contribution in [1.82, 2.24) is 9.97 Å². The lowest BCUT2D eigenvalue weighted by Crippen LogP contribution is -2.16. The number of halogens is 1. The average molecular weight is 260 g/mol. The Bertz CT molecular complexity index is 662. The lowest BCUT2D eigenvalue weighted by molar-refractivity contribution is 0.618. The third-order valence-electron chi connectivity index (χ3n) is 3.12. The van der Waals surface area contributed by atoms with E-state index in [1.165, 1.54) is 6.07 Å². The summed E-state index contributed by atoms with van der Waals surface area (Å²) in [6.07, 6.45) is 1.64. The van der Waals surface area contributed by atoms with Crippen LogP contribution in [-0.2, 0) is 6.42 Å². The molecule has 1 N–H and O–H groups in total. The van der Waals surface area contributed by atoms with E-state index in [0.717, 1.165) is 18.4 Å². The highest BCUT2D eigenvalue weighted by Gasteiger charge is 2.10. The molecule has 0 atom stereocenters. The Balaban J connectivity index is 2.60. The van der Waals surface area contributed by atoms with Crippen LogP contribution in [0.1, 0.15) is 30.3 Å². The maximum atomic E-state index is 13.3. The number of aromatic nitrogens is 2. The van der Waals surface area contributed by atoms with Crippen molar-refractivity contribution in [3.8, 4) is 11.3 Å². The van der Waals surface area contributed by atoms with Crippen LogP contribution in [0.3, 0.4) is 0 Å². The molecule has 0 fully saturated rings. The van der Waals surface area contributed by atoms with Crippen molar-refractivity contribution in [3.63, 3.8) is 0 Å². The predicted octanol–water partition coefficient (Wildman–Crippen LogP) is 3.15. The molecule has 0 aliphatic heterocycles. The first-order valence-electron chi connectivity index (χ1n) is 6.39. The van der Waals surface area contributed by atoms with Gasteiger partial charge >= 0.3 is 0 Å². The van der Waals surface area contributed by atoms with E-state index in [1.54, 1.807) is 26.0 Å². The molecule has 0 radical (unpaired) electrons. The summed E-state index contributed by atoms with van der Waals surface area (Å²) in [5.41, 5.74) is 2.40. The van der Waals surface area contributed by atoms with E-state index in [-0.39, 0.29) is 11.4 Å². The summed E-state index contributed by atoms with van der Waals surface area (Å²) in [7, 11) is 0. The van der Waals surface area contributed by atoms with Crippen molar-refractivity contribution in [3.05, 3.63) is 51.3 Å². The summed E-state index contributed by atoms with van der Waals surface area (Å²) < 4.78 is 13.3. The van der Waals surface area contributed by atoms with Gasteiger partial charge in [-0.05, 0) is 44.0 Å². The van der Waals surface area contributed by atoms with E-state index in [1.807, 2.05) is 6.92 Å². The second-order valence-corrected chi connectivity index (χ2v) is 4.70. The Labute approximate surface area is 111 Å². The zero-order chi connectivity index (χ0) is 14.0. The molecule has 0 aliphatic carbocycles. The number of hydrogen-bond acceptors (Lipinski definition) is 2. The van der Waals surface area contributed by atoms with Gasteiger partial charge < -0.3 is 4.98 Å². The van der Waals surface area contributed by atoms with Gasteiger partial charge in [-0.1, -0.05) is 6.92 Å². The fourth-order valence-electron chi connectivity index (χ4n) is 2.01. The molecule has 0 bridgehead atoms. The largest absolute Gasteiger partial charge is 0.310 e. The van der Waals surface area contributed by atoms with Gasteiger partial charge in [0.15, 0.2) is 0 Å². The SMILES string of the molecule is CCCc1nc(-c2ccc(F)c(C)c2)c(C)c(=O)[nH]1. The molecule has 4 heteroatoms. The molecular weight excluding hydrogens is 243 g/mol. The summed E-state index contributed by atoms with van der Waals surface area (Å²) in [4.78, 5) is 19.1. The molecule has 0 unspecified atom stereocenters. The molecule has 2 aromatic rings. The van der Waals surface area contributed by atoms with Crippen LogP contribution in [0.25, 0.3) is 11.3 Å². The number of H-pyrrole nitrogens is 1. The van der Waals surface area contributed by atoms with Crippen LogP contribution in [0.2, 0.25) is 0 Å². The van der Waals surface area contributed by atoms with Gasteiger partial charge in [-0.25, -0.2) is 9.37 Å². The zero-order valence-corrected chi connectivity index (χ0v) is 11.4. The molecule has 0 saturated carbocycles. The van der Waals surface area contributed by atoms with Gasteiger partial charge in [-0.2, -0.15) is 0 Å². The van der Waals surface area contributed by atoms with Crippen LogP contribution >= 0.6 is 0 Å². The Kier molecular flexibility index (Phi) is 3.79. The van der Waals surface area contributed by atoms with E-state index >= 15 is 0 Å². The lowest BCUT2D eigenvalue weighted by atomic mass is 10.0. The second-order valence-electron chi connectivity index (χ2n) is 4.70. The quantitative estimate of drug-likeness (QED) is 0.921. The monoisotopic (exact) mass is 260 g/mol. The Hall–Kier alpha value is -1.97. The minimum atomic E-state index is -0.250. The summed E-state index contributed by atoms with van der Waals surface area (Å²) in [6.45, 7) is 5.46. The van der Waals surface area contributed by atoms with E-state index in [2.05, 4.69) is 9.97 Å². The normalized spacial score (nSPS) is 10.7. The number of nitrogens with one attached hydrogen (secondary N) is 1. The molecule has 0 saturated heterocycles. The van der Waals surface area contributed by atoms with E-state index in [0.29, 0.717) is 22.6 Å². The fourth-order valence-corrected chi connectivity index (χ4v) is 2.01. The maximum Gasteiger partial charge on any atom is 0.254 e. The smallest absolute Gasteiger partial charge is 0.254 e. The Morgan fingerprint density at radius 1 is 1.32 bits per heavy atom. The van der Waals surface area contributed by atoms with Gasteiger partial charge in [0.05, 0.1) is 5.69 Å². The number of rotatable bonds is 3. The van der Waals surface area contributed by atoms with Crippen molar-refractivity contribution >= 4 is 0 Å². The third kappa shape index (κ3) is 2.72. The number of nitrogens with zero attached hydrogens (tertiary/aromatic N) is 1. The summed E-state index contributed by atoms with van der Waals surface area (Å²) >= 11 is 0. The summed E-state index contributed by atoms with van der Waals surface area (Å²) in [5.74, 6) is 0.426. The van der Waals surface area contributed by atoms with Crippen LogP contribution in [0.5, 0.6) is 0 Å². The highest BCUT2D eigenvalue weighted by Crippen LogP contribution is 2.21.